The number of hydrogen-bond acceptors (Lipinski definition) is 4. The van der Waals surface area contributed by atoms with E-state index in [0.29, 0.717) is 5.11 Å². The van der Waals surface area contributed by atoms with Crippen molar-refractivity contribution in [3.05, 3.63) is 22.8 Å². The van der Waals surface area contributed by atoms with Crippen LogP contribution in [-0.4, -0.2) is 42.9 Å². The Labute approximate surface area is 127 Å². The summed E-state index contributed by atoms with van der Waals surface area (Å²) in [7, 11) is 0. The van der Waals surface area contributed by atoms with Crippen LogP contribution in [0.1, 0.15) is 6.92 Å². The quantitative estimate of drug-likeness (QED) is 0.709. The lowest BCUT2D eigenvalue weighted by molar-refractivity contribution is 0.109. The van der Waals surface area contributed by atoms with Gasteiger partial charge >= 0.3 is 0 Å². The molecule has 1 saturated heterocycles. The lowest BCUT2D eigenvalue weighted by Crippen LogP contribution is -2.30. The van der Waals surface area contributed by atoms with Crippen molar-refractivity contribution in [2.45, 2.75) is 6.92 Å². The first-order valence-electron chi connectivity index (χ1n) is 6.17. The van der Waals surface area contributed by atoms with Crippen molar-refractivity contribution in [1.82, 2.24) is 15.6 Å². The van der Waals surface area contributed by atoms with Gasteiger partial charge in [-0.2, -0.15) is 0 Å². The van der Waals surface area contributed by atoms with Gasteiger partial charge in [0.25, 0.3) is 0 Å². The Morgan fingerprint density at radius 3 is 2.63 bits per heavy atom. The van der Waals surface area contributed by atoms with Gasteiger partial charge in [0.1, 0.15) is 5.82 Å². The summed E-state index contributed by atoms with van der Waals surface area (Å²) in [6.07, 6.45) is 1.72. The maximum Gasteiger partial charge on any atom is 0.171 e. The van der Waals surface area contributed by atoms with Crippen LogP contribution < -0.4 is 16.0 Å². The van der Waals surface area contributed by atoms with E-state index in [1.54, 1.807) is 6.20 Å². The first-order chi connectivity index (χ1) is 9.22. The van der Waals surface area contributed by atoms with E-state index in [4.69, 9.17) is 17.0 Å². The monoisotopic (exact) mass is 346 g/mol. The van der Waals surface area contributed by atoms with E-state index in [-0.39, 0.29) is 0 Å². The first-order valence-corrected chi connectivity index (χ1v) is 7.37. The number of anilines is 1. The third-order valence-corrected chi connectivity index (χ3v) is 2.87. The number of pyridine rings is 1. The molecule has 0 amide bonds. The molecule has 1 aliphatic heterocycles. The minimum atomic E-state index is 0.595. The molecule has 7 heteroatoms. The lowest BCUT2D eigenvalue weighted by Gasteiger charge is -2.10. The maximum absolute atomic E-state index is 5.01. The van der Waals surface area contributed by atoms with Crippen molar-refractivity contribution >= 4 is 39.1 Å². The van der Waals surface area contributed by atoms with E-state index in [2.05, 4.69) is 36.9 Å². The van der Waals surface area contributed by atoms with E-state index >= 15 is 0 Å². The first kappa shape index (κ1) is 16.3. The van der Waals surface area contributed by atoms with Gasteiger partial charge in [-0.1, -0.05) is 0 Å². The van der Waals surface area contributed by atoms with Crippen molar-refractivity contribution in [3.8, 4) is 0 Å². The molecule has 0 unspecified atom stereocenters. The number of nitrogens with one attached hydrogen (secondary N) is 3. The number of rotatable bonds is 2. The third kappa shape index (κ3) is 8.10. The number of thiocarbonyl (C=S) groups is 1. The standard InChI is InChI=1S/C8H10BrN3S.C4H9NO/c1-2-10-8(13)12-7-4-3-6(9)5-11-7;1-3-6-4-2-5-1/h3-5H,2H2,1H3,(H2,10,11,12,13);5H,1-4H2. The molecule has 2 heterocycles. The molecule has 106 valence electrons. The number of ether oxygens (including phenoxy) is 1. The van der Waals surface area contributed by atoms with Crippen LogP contribution in [0.25, 0.3) is 0 Å². The Morgan fingerprint density at radius 1 is 1.47 bits per heavy atom. The van der Waals surface area contributed by atoms with E-state index in [1.165, 1.54) is 0 Å². The van der Waals surface area contributed by atoms with Gasteiger partial charge in [-0.15, -0.1) is 0 Å². The van der Waals surface area contributed by atoms with Crippen LogP contribution in [0.3, 0.4) is 0 Å². The molecular weight excluding hydrogens is 328 g/mol. The molecule has 0 saturated carbocycles. The normalized spacial score (nSPS) is 14.0. The molecule has 1 aromatic heterocycles. The Hall–Kier alpha value is -0.760. The molecule has 1 aliphatic rings. The molecular formula is C12H19BrN4OS. The van der Waals surface area contributed by atoms with Crippen LogP contribution in [0, 0.1) is 0 Å². The van der Waals surface area contributed by atoms with Crippen LogP contribution in [0.2, 0.25) is 0 Å². The van der Waals surface area contributed by atoms with Gasteiger partial charge in [-0.25, -0.2) is 4.98 Å². The minimum Gasteiger partial charge on any atom is -0.379 e. The second kappa shape index (κ2) is 10.1. The Balaban J connectivity index is 0.000000250. The number of hydrogen-bond donors (Lipinski definition) is 3. The van der Waals surface area contributed by atoms with Crippen LogP contribution >= 0.6 is 28.1 Å². The van der Waals surface area contributed by atoms with Crippen LogP contribution in [-0.2, 0) is 4.74 Å². The number of nitrogens with zero attached hydrogens (tertiary/aromatic N) is 1. The topological polar surface area (TPSA) is 58.2 Å². The van der Waals surface area contributed by atoms with Crippen LogP contribution in [0.4, 0.5) is 5.82 Å². The van der Waals surface area contributed by atoms with Gasteiger partial charge in [-0.3, -0.25) is 0 Å². The molecule has 0 atom stereocenters. The predicted octanol–water partition coefficient (Wildman–Crippen LogP) is 1.76. The summed E-state index contributed by atoms with van der Waals surface area (Å²) in [5.41, 5.74) is 0. The van der Waals surface area contributed by atoms with Crippen molar-refractivity contribution in [1.29, 1.82) is 0 Å². The zero-order chi connectivity index (χ0) is 13.9. The molecule has 0 spiro atoms. The Kier molecular flexibility index (Phi) is 8.64. The maximum atomic E-state index is 5.01. The molecule has 1 aromatic rings. The van der Waals surface area contributed by atoms with Crippen molar-refractivity contribution < 1.29 is 4.74 Å². The predicted molar refractivity (Wildman–Crippen MR) is 85.5 cm³/mol. The molecule has 0 bridgehead atoms. The number of aromatic nitrogens is 1. The summed E-state index contributed by atoms with van der Waals surface area (Å²) >= 11 is 8.30. The van der Waals surface area contributed by atoms with E-state index < -0.39 is 0 Å². The molecule has 2 rings (SSSR count). The van der Waals surface area contributed by atoms with Crippen molar-refractivity contribution in [2.75, 3.05) is 38.2 Å². The zero-order valence-electron chi connectivity index (χ0n) is 10.9. The molecule has 0 aromatic carbocycles. The van der Waals surface area contributed by atoms with Gasteiger partial charge < -0.3 is 20.7 Å². The fraction of sp³-hybridized carbons (Fsp3) is 0.500. The van der Waals surface area contributed by atoms with E-state index in [0.717, 1.165) is 43.1 Å². The average Bonchev–Trinajstić information content (AvgIpc) is 2.44. The van der Waals surface area contributed by atoms with E-state index in [1.807, 2.05) is 19.1 Å². The average molecular weight is 347 g/mol. The number of halogens is 1. The van der Waals surface area contributed by atoms with Gasteiger partial charge in [0.05, 0.1) is 13.2 Å². The van der Waals surface area contributed by atoms with Crippen LogP contribution in [0.15, 0.2) is 22.8 Å². The van der Waals surface area contributed by atoms with Crippen molar-refractivity contribution in [3.63, 3.8) is 0 Å². The fourth-order valence-corrected chi connectivity index (χ4v) is 1.77. The summed E-state index contributed by atoms with van der Waals surface area (Å²) < 4.78 is 5.96. The highest BCUT2D eigenvalue weighted by Gasteiger charge is 1.96. The molecule has 0 radical (unpaired) electrons. The number of morpholine rings is 1. The summed E-state index contributed by atoms with van der Waals surface area (Å²) in [5.74, 6) is 0.745. The fourth-order valence-electron chi connectivity index (χ4n) is 1.29. The van der Waals surface area contributed by atoms with Crippen LogP contribution in [0.5, 0.6) is 0 Å². The molecule has 5 nitrogen and oxygen atoms in total. The largest absolute Gasteiger partial charge is 0.379 e. The Morgan fingerprint density at radius 2 is 2.21 bits per heavy atom. The third-order valence-electron chi connectivity index (χ3n) is 2.15. The summed E-state index contributed by atoms with van der Waals surface area (Å²) in [4.78, 5) is 4.12. The zero-order valence-corrected chi connectivity index (χ0v) is 13.3. The summed E-state index contributed by atoms with van der Waals surface area (Å²) in [5, 5.41) is 9.69. The highest BCUT2D eigenvalue weighted by molar-refractivity contribution is 9.10. The smallest absolute Gasteiger partial charge is 0.171 e. The molecule has 3 N–H and O–H groups in total. The van der Waals surface area contributed by atoms with Gasteiger partial charge in [-0.05, 0) is 47.2 Å². The second-order valence-electron chi connectivity index (χ2n) is 3.71. The summed E-state index contributed by atoms with van der Waals surface area (Å²) in [6, 6.07) is 3.76. The molecule has 1 fully saturated rings. The Bertz CT molecular complexity index is 359. The lowest BCUT2D eigenvalue weighted by atomic mass is 10.5. The van der Waals surface area contributed by atoms with E-state index in [9.17, 15) is 0 Å². The minimum absolute atomic E-state index is 0.595. The molecule has 0 aliphatic carbocycles. The summed E-state index contributed by atoms with van der Waals surface area (Å²) in [6.45, 7) is 6.63. The SMILES string of the molecule is C1COCCN1.CCNC(=S)Nc1ccc(Br)cn1. The van der Waals surface area contributed by atoms with Crippen molar-refractivity contribution in [2.24, 2.45) is 0 Å². The second-order valence-corrected chi connectivity index (χ2v) is 5.03. The molecule has 19 heavy (non-hydrogen) atoms. The van der Waals surface area contributed by atoms with Gasteiger partial charge in [0.2, 0.25) is 0 Å². The highest BCUT2D eigenvalue weighted by atomic mass is 79.9. The van der Waals surface area contributed by atoms with Gasteiger partial charge in [0.15, 0.2) is 5.11 Å². The highest BCUT2D eigenvalue weighted by Crippen LogP contribution is 2.09. The van der Waals surface area contributed by atoms with Gasteiger partial charge in [0, 0.05) is 30.3 Å².